The summed E-state index contributed by atoms with van der Waals surface area (Å²) < 4.78 is 2.56. The largest absolute Gasteiger partial charge is 0.370 e. The Bertz CT molecular complexity index is 885. The minimum atomic E-state index is -0.0662. The number of anilines is 2. The highest BCUT2D eigenvalue weighted by molar-refractivity contribution is 7.22. The van der Waals surface area contributed by atoms with E-state index in [2.05, 4.69) is 26.4 Å². The third kappa shape index (κ3) is 2.99. The van der Waals surface area contributed by atoms with Gasteiger partial charge in [-0.1, -0.05) is 23.5 Å². The van der Waals surface area contributed by atoms with Gasteiger partial charge in [0, 0.05) is 32.7 Å². The second-order valence-electron chi connectivity index (χ2n) is 6.14. The summed E-state index contributed by atoms with van der Waals surface area (Å²) in [6.45, 7) is 2.79. The summed E-state index contributed by atoms with van der Waals surface area (Å²) in [4.78, 5) is 18.6. The van der Waals surface area contributed by atoms with Gasteiger partial charge in [-0.15, -0.1) is 0 Å². The third-order valence-corrected chi connectivity index (χ3v) is 5.43. The summed E-state index contributed by atoms with van der Waals surface area (Å²) in [5.41, 5.74) is 1.90. The zero-order valence-electron chi connectivity index (χ0n) is 13.5. The Morgan fingerprint density at radius 2 is 2.25 bits per heavy atom. The van der Waals surface area contributed by atoms with Gasteiger partial charge in [-0.3, -0.25) is 4.79 Å². The monoisotopic (exact) mass is 341 g/mol. The zero-order valence-corrected chi connectivity index (χ0v) is 14.3. The van der Waals surface area contributed by atoms with E-state index in [1.54, 1.807) is 30.6 Å². The van der Waals surface area contributed by atoms with Gasteiger partial charge < -0.3 is 10.2 Å². The molecule has 1 aliphatic rings. The lowest BCUT2D eigenvalue weighted by Crippen LogP contribution is -2.26. The van der Waals surface area contributed by atoms with Crippen LogP contribution in [-0.4, -0.2) is 34.4 Å². The number of hydrogen-bond acceptors (Lipinski definition) is 6. The molecule has 1 saturated heterocycles. The fourth-order valence-corrected chi connectivity index (χ4v) is 3.92. The third-order valence-electron chi connectivity index (χ3n) is 4.44. The molecular weight excluding hydrogens is 322 g/mol. The first-order chi connectivity index (χ1) is 11.7. The first-order valence-corrected chi connectivity index (χ1v) is 8.88. The Morgan fingerprint density at radius 3 is 3.08 bits per heavy atom. The van der Waals surface area contributed by atoms with Crippen LogP contribution in [-0.2, 0) is 7.05 Å². The Hall–Kier alpha value is -2.41. The van der Waals surface area contributed by atoms with Crippen molar-refractivity contribution in [3.05, 3.63) is 46.9 Å². The average Bonchev–Trinajstić information content (AvgIpc) is 3.21. The van der Waals surface area contributed by atoms with Gasteiger partial charge in [0.05, 0.1) is 22.1 Å². The Kier molecular flexibility index (Phi) is 3.93. The molecule has 2 aromatic heterocycles. The maximum atomic E-state index is 11.7. The molecular formula is C17H19N5OS. The first-order valence-electron chi connectivity index (χ1n) is 8.07. The number of fused-ring (bicyclic) bond motifs is 1. The van der Waals surface area contributed by atoms with Gasteiger partial charge in [0.2, 0.25) is 0 Å². The van der Waals surface area contributed by atoms with E-state index in [0.717, 1.165) is 42.4 Å². The van der Waals surface area contributed by atoms with Crippen molar-refractivity contribution in [2.24, 2.45) is 13.0 Å². The Labute approximate surface area is 143 Å². The predicted molar refractivity (Wildman–Crippen MR) is 97.9 cm³/mol. The molecule has 4 rings (SSSR count). The molecule has 1 fully saturated rings. The van der Waals surface area contributed by atoms with E-state index in [1.807, 2.05) is 18.2 Å². The molecule has 0 unspecified atom stereocenters. The van der Waals surface area contributed by atoms with Crippen LogP contribution in [0.3, 0.4) is 0 Å². The topological polar surface area (TPSA) is 63.1 Å². The summed E-state index contributed by atoms with van der Waals surface area (Å²) >= 11 is 1.69. The summed E-state index contributed by atoms with van der Waals surface area (Å²) in [7, 11) is 1.67. The lowest BCUT2D eigenvalue weighted by molar-refractivity contribution is 0.622. The molecule has 0 saturated carbocycles. The molecule has 6 nitrogen and oxygen atoms in total. The fourth-order valence-electron chi connectivity index (χ4n) is 3.05. The molecule has 3 aromatic rings. The quantitative estimate of drug-likeness (QED) is 0.789. The second-order valence-corrected chi connectivity index (χ2v) is 7.17. The van der Waals surface area contributed by atoms with E-state index in [1.165, 1.54) is 9.38 Å². The smallest absolute Gasteiger partial charge is 0.268 e. The van der Waals surface area contributed by atoms with E-state index >= 15 is 0 Å². The zero-order chi connectivity index (χ0) is 16.5. The molecule has 7 heteroatoms. The highest BCUT2D eigenvalue weighted by Crippen LogP contribution is 2.27. The van der Waals surface area contributed by atoms with Crippen molar-refractivity contribution in [3.8, 4) is 0 Å². The Morgan fingerprint density at radius 1 is 1.38 bits per heavy atom. The fraction of sp³-hybridized carbons (Fsp3) is 0.353. The number of aromatic nitrogens is 3. The van der Waals surface area contributed by atoms with E-state index in [0.29, 0.717) is 5.92 Å². The predicted octanol–water partition coefficient (Wildman–Crippen LogP) is 2.33. The van der Waals surface area contributed by atoms with Gasteiger partial charge >= 0.3 is 0 Å². The standard InChI is InChI=1S/C17H19N5OS/c1-21-16(23)8-13(10-19-21)22-7-6-12(11-22)9-18-17-20-14-4-2-3-5-15(14)24-17/h2-5,8,10,12H,6-7,9,11H2,1H3,(H,18,20)/t12-/m1/s1. The molecule has 3 heterocycles. The highest BCUT2D eigenvalue weighted by Gasteiger charge is 2.23. The number of nitrogens with one attached hydrogen (secondary N) is 1. The molecule has 0 radical (unpaired) electrons. The molecule has 0 spiro atoms. The highest BCUT2D eigenvalue weighted by atomic mass is 32.1. The second kappa shape index (κ2) is 6.24. The van der Waals surface area contributed by atoms with E-state index in [4.69, 9.17) is 0 Å². The summed E-state index contributed by atoms with van der Waals surface area (Å²) in [6.07, 6.45) is 2.87. The van der Waals surface area contributed by atoms with Crippen LogP contribution in [0.25, 0.3) is 10.2 Å². The maximum Gasteiger partial charge on any atom is 0.268 e. The number of nitrogens with zero attached hydrogens (tertiary/aromatic N) is 4. The summed E-state index contributed by atoms with van der Waals surface area (Å²) in [5.74, 6) is 0.543. The van der Waals surface area contributed by atoms with E-state index in [-0.39, 0.29) is 5.56 Å². The number of benzene rings is 1. The molecule has 0 amide bonds. The van der Waals surface area contributed by atoms with Gasteiger partial charge in [0.25, 0.3) is 5.56 Å². The normalized spacial score (nSPS) is 17.5. The summed E-state index contributed by atoms with van der Waals surface area (Å²) in [5, 5.41) is 8.55. The van der Waals surface area contributed by atoms with Crippen LogP contribution in [0.2, 0.25) is 0 Å². The number of hydrogen-bond donors (Lipinski definition) is 1. The van der Waals surface area contributed by atoms with Crippen molar-refractivity contribution in [2.45, 2.75) is 6.42 Å². The van der Waals surface area contributed by atoms with Crippen molar-refractivity contribution >= 4 is 32.4 Å². The molecule has 0 bridgehead atoms. The molecule has 1 N–H and O–H groups in total. The molecule has 24 heavy (non-hydrogen) atoms. The average molecular weight is 341 g/mol. The number of aryl methyl sites for hydroxylation is 1. The van der Waals surface area contributed by atoms with Crippen molar-refractivity contribution in [2.75, 3.05) is 29.9 Å². The molecule has 124 valence electrons. The molecule has 1 aromatic carbocycles. The van der Waals surface area contributed by atoms with Crippen LogP contribution >= 0.6 is 11.3 Å². The van der Waals surface area contributed by atoms with Crippen LogP contribution in [0.4, 0.5) is 10.8 Å². The summed E-state index contributed by atoms with van der Waals surface area (Å²) in [6, 6.07) is 9.85. The van der Waals surface area contributed by atoms with Crippen molar-refractivity contribution in [1.82, 2.24) is 14.8 Å². The lowest BCUT2D eigenvalue weighted by atomic mass is 10.1. The van der Waals surface area contributed by atoms with Gasteiger partial charge in [-0.2, -0.15) is 5.10 Å². The van der Waals surface area contributed by atoms with Crippen LogP contribution in [0, 0.1) is 5.92 Å². The first kappa shape index (κ1) is 15.1. The SMILES string of the molecule is Cn1ncc(N2CC[C@H](CNc3nc4ccccc4s3)C2)cc1=O. The van der Waals surface area contributed by atoms with Crippen LogP contribution in [0.5, 0.6) is 0 Å². The number of para-hydroxylation sites is 1. The van der Waals surface area contributed by atoms with Crippen LogP contribution in [0.15, 0.2) is 41.3 Å². The van der Waals surface area contributed by atoms with Crippen LogP contribution < -0.4 is 15.8 Å². The lowest BCUT2D eigenvalue weighted by Gasteiger charge is -2.18. The molecule has 1 atom stereocenters. The van der Waals surface area contributed by atoms with Gasteiger partial charge in [-0.25, -0.2) is 9.67 Å². The molecule has 1 aliphatic heterocycles. The van der Waals surface area contributed by atoms with Gasteiger partial charge in [-0.05, 0) is 24.5 Å². The van der Waals surface area contributed by atoms with E-state index < -0.39 is 0 Å². The van der Waals surface area contributed by atoms with Gasteiger partial charge in [0.1, 0.15) is 0 Å². The van der Waals surface area contributed by atoms with Crippen molar-refractivity contribution < 1.29 is 0 Å². The number of thiazole rings is 1. The van der Waals surface area contributed by atoms with Crippen molar-refractivity contribution in [3.63, 3.8) is 0 Å². The van der Waals surface area contributed by atoms with Crippen LogP contribution in [0.1, 0.15) is 6.42 Å². The van der Waals surface area contributed by atoms with Crippen molar-refractivity contribution in [1.29, 1.82) is 0 Å². The minimum Gasteiger partial charge on any atom is -0.370 e. The minimum absolute atomic E-state index is 0.0662. The van der Waals surface area contributed by atoms with E-state index in [9.17, 15) is 4.79 Å². The number of rotatable bonds is 4. The van der Waals surface area contributed by atoms with Gasteiger partial charge in [0.15, 0.2) is 5.13 Å². The maximum absolute atomic E-state index is 11.7. The molecule has 0 aliphatic carbocycles. The Balaban J connectivity index is 1.38.